The summed E-state index contributed by atoms with van der Waals surface area (Å²) >= 11 is 11.7. The van der Waals surface area contributed by atoms with Crippen LogP contribution < -0.4 is 14.2 Å². The zero-order valence-corrected chi connectivity index (χ0v) is 28.3. The minimum atomic E-state index is -0.0440. The van der Waals surface area contributed by atoms with Crippen molar-refractivity contribution >= 4 is 29.0 Å². The number of carbonyl (C=O) groups is 1. The van der Waals surface area contributed by atoms with E-state index in [0.29, 0.717) is 33.5 Å². The molecule has 0 aliphatic rings. The topological polar surface area (TPSA) is 44.8 Å². The summed E-state index contributed by atoms with van der Waals surface area (Å²) in [5, 5.41) is 1.31. The van der Waals surface area contributed by atoms with Gasteiger partial charge in [0.2, 0.25) is 0 Å². The van der Waals surface area contributed by atoms with Crippen molar-refractivity contribution in [2.45, 2.75) is 6.61 Å². The van der Waals surface area contributed by atoms with E-state index in [1.54, 1.807) is 60.7 Å². The molecule has 0 aliphatic heterocycles. The van der Waals surface area contributed by atoms with Crippen molar-refractivity contribution in [1.29, 1.82) is 0 Å². The smallest absolute Gasteiger partial charge is 0.489 e. The molecule has 0 aromatic heterocycles. The van der Waals surface area contributed by atoms with Crippen LogP contribution in [0, 0.1) is 12.1 Å². The molecule has 6 rings (SSSR count). The monoisotopic (exact) mass is 800 g/mol. The van der Waals surface area contributed by atoms with E-state index >= 15 is 0 Å². The zero-order valence-electron chi connectivity index (χ0n) is 23.9. The van der Waals surface area contributed by atoms with Crippen LogP contribution in [0.5, 0.6) is 28.7 Å². The van der Waals surface area contributed by atoms with Crippen molar-refractivity contribution in [2.24, 2.45) is 0 Å². The molecule has 0 fully saturated rings. The van der Waals surface area contributed by atoms with Gasteiger partial charge in [0.05, 0.1) is 0 Å². The number of benzene rings is 6. The number of rotatable bonds is 9. The van der Waals surface area contributed by atoms with Crippen LogP contribution in [0.15, 0.2) is 146 Å². The van der Waals surface area contributed by atoms with E-state index in [1.807, 2.05) is 84.9 Å². The molecule has 0 saturated heterocycles. The molecule has 0 heterocycles. The van der Waals surface area contributed by atoms with Gasteiger partial charge >= 0.3 is 21.1 Å². The summed E-state index contributed by atoms with van der Waals surface area (Å²) in [5.74, 6) is 3.75. The third-order valence-electron chi connectivity index (χ3n) is 6.21. The van der Waals surface area contributed by atoms with Crippen LogP contribution in [0.1, 0.15) is 21.5 Å². The number of ketones is 1. The predicted molar refractivity (Wildman–Crippen MR) is 174 cm³/mol. The number of carbonyl (C=O) groups excluding carboxylic acids is 1. The summed E-state index contributed by atoms with van der Waals surface area (Å²) in [6, 6.07) is 49.6. The molecule has 45 heavy (non-hydrogen) atoms. The predicted octanol–water partition coefficient (Wildman–Crippen LogP) is 10.7. The Bertz CT molecular complexity index is 1750. The molecule has 6 aromatic carbocycles. The van der Waals surface area contributed by atoms with Gasteiger partial charge in [-0.15, -0.1) is 24.3 Å². The van der Waals surface area contributed by atoms with Crippen LogP contribution in [0.25, 0.3) is 0 Å². The van der Waals surface area contributed by atoms with Crippen molar-refractivity contribution < 1.29 is 40.1 Å². The van der Waals surface area contributed by atoms with Crippen LogP contribution in [0.4, 0.5) is 0 Å². The summed E-state index contributed by atoms with van der Waals surface area (Å²) in [7, 11) is 0. The normalized spacial score (nSPS) is 10.0. The molecular formula is C38H26Cl2O4W. The summed E-state index contributed by atoms with van der Waals surface area (Å²) in [4.78, 5) is 12.3. The van der Waals surface area contributed by atoms with E-state index < -0.39 is 0 Å². The molecule has 4 nitrogen and oxygen atoms in total. The molecule has 6 aromatic rings. The van der Waals surface area contributed by atoms with Gasteiger partial charge in [0.25, 0.3) is 0 Å². The summed E-state index contributed by atoms with van der Waals surface area (Å²) < 4.78 is 17.1. The molecule has 0 bridgehead atoms. The zero-order chi connectivity index (χ0) is 30.6. The van der Waals surface area contributed by atoms with Gasteiger partial charge in [0, 0.05) is 32.7 Å². The van der Waals surface area contributed by atoms with Crippen molar-refractivity contribution in [3.8, 4) is 28.7 Å². The maximum absolute atomic E-state index is 12.3. The van der Waals surface area contributed by atoms with Gasteiger partial charge in [0.1, 0.15) is 23.9 Å². The molecule has 0 amide bonds. The molecule has 0 N–H and O–H groups in total. The first-order valence-corrected chi connectivity index (χ1v) is 14.4. The van der Waals surface area contributed by atoms with E-state index in [9.17, 15) is 4.79 Å². The third kappa shape index (κ3) is 10.7. The Morgan fingerprint density at radius 3 is 1.31 bits per heavy atom. The van der Waals surface area contributed by atoms with E-state index in [1.165, 1.54) is 0 Å². The standard InChI is InChI=1S/C19H14ClO2.C19H12ClO2.W/c20-16-8-12-17(13-9-16)21-14-15-6-10-19(11-7-15)22-18-4-2-1-3-5-18;20-16-10-6-14(7-11-16)19(21)15-8-12-18(13-9-15)22-17-4-2-1-3-5-17;/h2-13H,14H2;2-13H;/q2*-1;+2. The van der Waals surface area contributed by atoms with Crippen molar-refractivity contribution in [3.63, 3.8) is 0 Å². The Hall–Kier alpha value is -4.34. The second-order valence-electron chi connectivity index (χ2n) is 9.42. The fraction of sp³-hybridized carbons (Fsp3) is 0.0263. The average Bonchev–Trinajstić information content (AvgIpc) is 3.07. The SMILES string of the molecule is Clc1ccc(OCc2ccc(Oc3cc[c-]cc3)cc2)cc1.O=C(c1ccc(Cl)cc1)c1ccc(Oc2cc[c-]cc2)cc1.[W+2]. The largest absolute Gasteiger partial charge is 2.00 e. The fourth-order valence-corrected chi connectivity index (χ4v) is 4.20. The van der Waals surface area contributed by atoms with Crippen LogP contribution in [0.3, 0.4) is 0 Å². The summed E-state index contributed by atoms with van der Waals surface area (Å²) in [6.07, 6.45) is 0. The molecular weight excluding hydrogens is 775 g/mol. The van der Waals surface area contributed by atoms with Gasteiger partial charge in [-0.3, -0.25) is 4.79 Å². The molecule has 0 aliphatic carbocycles. The first-order valence-electron chi connectivity index (χ1n) is 13.7. The molecule has 0 unspecified atom stereocenters. The van der Waals surface area contributed by atoms with Gasteiger partial charge in [-0.25, -0.2) is 0 Å². The van der Waals surface area contributed by atoms with E-state index in [-0.39, 0.29) is 26.8 Å². The number of hydrogen-bond donors (Lipinski definition) is 0. The van der Waals surface area contributed by atoms with Gasteiger partial charge in [-0.05, 0) is 90.5 Å². The Morgan fingerprint density at radius 2 is 0.844 bits per heavy atom. The minimum absolute atomic E-state index is 0. The Morgan fingerprint density at radius 1 is 0.489 bits per heavy atom. The molecule has 0 saturated carbocycles. The van der Waals surface area contributed by atoms with Crippen LogP contribution in [0.2, 0.25) is 10.0 Å². The number of hydrogen-bond acceptors (Lipinski definition) is 4. The van der Waals surface area contributed by atoms with Crippen molar-refractivity contribution in [2.75, 3.05) is 0 Å². The van der Waals surface area contributed by atoms with Crippen LogP contribution in [-0.2, 0) is 27.7 Å². The quantitative estimate of drug-likeness (QED) is 0.108. The van der Waals surface area contributed by atoms with Crippen molar-refractivity contribution in [1.82, 2.24) is 0 Å². The van der Waals surface area contributed by atoms with E-state index in [0.717, 1.165) is 28.6 Å². The maximum atomic E-state index is 12.3. The second-order valence-corrected chi connectivity index (χ2v) is 10.3. The van der Waals surface area contributed by atoms with Crippen molar-refractivity contribution in [3.05, 3.63) is 184 Å². The fourth-order valence-electron chi connectivity index (χ4n) is 3.94. The molecule has 0 spiro atoms. The summed E-state index contributed by atoms with van der Waals surface area (Å²) in [6.45, 7) is 0.502. The van der Waals surface area contributed by atoms with Crippen LogP contribution in [-0.4, -0.2) is 5.78 Å². The van der Waals surface area contributed by atoms with E-state index in [2.05, 4.69) is 12.1 Å². The van der Waals surface area contributed by atoms with E-state index in [4.69, 9.17) is 37.4 Å². The molecule has 0 radical (unpaired) electrons. The Kier molecular flexibility index (Phi) is 12.8. The molecule has 7 heteroatoms. The Labute approximate surface area is 287 Å². The summed E-state index contributed by atoms with van der Waals surface area (Å²) in [5.41, 5.74) is 2.29. The van der Waals surface area contributed by atoms with Gasteiger partial charge < -0.3 is 14.2 Å². The molecule has 0 atom stereocenters. The maximum Gasteiger partial charge on any atom is 2.00 e. The first-order chi connectivity index (χ1) is 21.5. The van der Waals surface area contributed by atoms with Gasteiger partial charge in [-0.2, -0.15) is 36.4 Å². The second kappa shape index (κ2) is 17.2. The number of ether oxygens (including phenoxy) is 3. The third-order valence-corrected chi connectivity index (χ3v) is 6.72. The van der Waals surface area contributed by atoms with Gasteiger partial charge in [0.15, 0.2) is 5.78 Å². The first kappa shape index (κ1) is 33.5. The number of halogens is 2. The molecule has 222 valence electrons. The van der Waals surface area contributed by atoms with Crippen LogP contribution >= 0.6 is 23.2 Å². The minimum Gasteiger partial charge on any atom is -0.489 e. The Balaban J connectivity index is 0.000000200. The van der Waals surface area contributed by atoms with Gasteiger partial charge in [-0.1, -0.05) is 35.3 Å². The average molecular weight is 801 g/mol.